The van der Waals surface area contributed by atoms with Gasteiger partial charge in [0, 0.05) is 12.1 Å². The summed E-state index contributed by atoms with van der Waals surface area (Å²) < 4.78 is 42.2. The molecular formula is C19H14BrCl3F3N5O. The first-order valence-corrected chi connectivity index (χ1v) is 11.3. The van der Waals surface area contributed by atoms with Gasteiger partial charge in [0.1, 0.15) is 11.6 Å². The van der Waals surface area contributed by atoms with E-state index in [1.165, 1.54) is 10.9 Å². The topological polar surface area (TPSA) is 64.7 Å². The molecule has 170 valence electrons. The largest absolute Gasteiger partial charge is 0.436 e. The van der Waals surface area contributed by atoms with Crippen LogP contribution in [-0.2, 0) is 24.1 Å². The van der Waals surface area contributed by atoms with E-state index in [9.17, 15) is 18.0 Å². The van der Waals surface area contributed by atoms with Gasteiger partial charge in [-0.2, -0.15) is 23.4 Å². The Balaban J connectivity index is 1.49. The average molecular weight is 572 g/mol. The Morgan fingerprint density at radius 1 is 1.16 bits per heavy atom. The average Bonchev–Trinajstić information content (AvgIpc) is 3.38. The lowest BCUT2D eigenvalue weighted by Gasteiger charge is -2.07. The molecule has 2 aromatic heterocycles. The molecule has 1 fully saturated rings. The van der Waals surface area contributed by atoms with E-state index in [2.05, 4.69) is 31.4 Å². The number of benzene rings is 1. The Hall–Kier alpha value is -1.75. The van der Waals surface area contributed by atoms with Gasteiger partial charge < -0.3 is 5.32 Å². The van der Waals surface area contributed by atoms with Gasteiger partial charge in [-0.05, 0) is 46.5 Å². The van der Waals surface area contributed by atoms with Crippen molar-refractivity contribution in [2.24, 2.45) is 0 Å². The number of hydrogen-bond donors (Lipinski definition) is 1. The number of nitrogens with one attached hydrogen (secondary N) is 1. The van der Waals surface area contributed by atoms with Crippen molar-refractivity contribution in [2.45, 2.75) is 38.0 Å². The number of nitrogens with zero attached hydrogens (tertiary/aromatic N) is 4. The smallest absolute Gasteiger partial charge is 0.306 e. The van der Waals surface area contributed by atoms with E-state index in [1.807, 2.05) is 0 Å². The standard InChI is InChI=1S/C19H14BrCl3F3N5O/c20-15-16(10-2-3-10)31(28-17(15)19(24,25)26)8-14(32)27-18-13(23)7-30(29-18)6-9-1-4-11(21)12(22)5-9/h1,4-5,7,10H,2-3,6,8H2,(H,27,29,32). The first kappa shape index (κ1) is 23.4. The Bertz CT molecular complexity index is 1190. The molecule has 4 rings (SSSR count). The van der Waals surface area contributed by atoms with Crippen molar-refractivity contribution in [1.29, 1.82) is 0 Å². The van der Waals surface area contributed by atoms with Crippen molar-refractivity contribution in [3.63, 3.8) is 0 Å². The second kappa shape index (κ2) is 8.89. The van der Waals surface area contributed by atoms with Crippen LogP contribution in [0.15, 0.2) is 28.9 Å². The van der Waals surface area contributed by atoms with Crippen LogP contribution in [-0.4, -0.2) is 25.5 Å². The van der Waals surface area contributed by atoms with E-state index in [0.717, 1.165) is 23.1 Å². The summed E-state index contributed by atoms with van der Waals surface area (Å²) in [5, 5.41) is 11.4. The van der Waals surface area contributed by atoms with Crippen LogP contribution in [0.5, 0.6) is 0 Å². The predicted octanol–water partition coefficient (Wildman–Crippen LogP) is 6.39. The molecule has 1 N–H and O–H groups in total. The lowest BCUT2D eigenvalue weighted by Crippen LogP contribution is -2.22. The molecule has 3 aromatic rings. The van der Waals surface area contributed by atoms with Gasteiger partial charge in [0.2, 0.25) is 5.91 Å². The summed E-state index contributed by atoms with van der Waals surface area (Å²) >= 11 is 21.1. The molecule has 1 aliphatic rings. The van der Waals surface area contributed by atoms with Gasteiger partial charge in [0.25, 0.3) is 0 Å². The maximum atomic E-state index is 13.2. The molecule has 1 amide bonds. The summed E-state index contributed by atoms with van der Waals surface area (Å²) in [4.78, 5) is 12.5. The summed E-state index contributed by atoms with van der Waals surface area (Å²) in [6.07, 6.45) is -1.62. The Labute approximate surface area is 203 Å². The molecule has 1 saturated carbocycles. The van der Waals surface area contributed by atoms with Gasteiger partial charge in [-0.3, -0.25) is 14.2 Å². The number of alkyl halides is 3. The summed E-state index contributed by atoms with van der Waals surface area (Å²) in [6, 6.07) is 5.11. The number of anilines is 1. The first-order valence-electron chi connectivity index (χ1n) is 9.33. The van der Waals surface area contributed by atoms with E-state index < -0.39 is 24.3 Å². The molecule has 0 saturated heterocycles. The van der Waals surface area contributed by atoms with E-state index in [0.29, 0.717) is 22.3 Å². The van der Waals surface area contributed by atoms with Crippen LogP contribution >= 0.6 is 50.7 Å². The van der Waals surface area contributed by atoms with E-state index in [1.54, 1.807) is 18.2 Å². The van der Waals surface area contributed by atoms with Crippen molar-refractivity contribution < 1.29 is 18.0 Å². The zero-order chi connectivity index (χ0) is 23.2. The highest BCUT2D eigenvalue weighted by molar-refractivity contribution is 9.10. The lowest BCUT2D eigenvalue weighted by atomic mass is 10.2. The number of aromatic nitrogens is 4. The predicted molar refractivity (Wildman–Crippen MR) is 118 cm³/mol. The number of amides is 1. The van der Waals surface area contributed by atoms with E-state index in [4.69, 9.17) is 34.8 Å². The second-order valence-corrected chi connectivity index (χ2v) is 9.31. The molecule has 32 heavy (non-hydrogen) atoms. The van der Waals surface area contributed by atoms with Crippen molar-refractivity contribution in [3.8, 4) is 0 Å². The zero-order valence-electron chi connectivity index (χ0n) is 16.1. The highest BCUT2D eigenvalue weighted by Crippen LogP contribution is 2.47. The maximum Gasteiger partial charge on any atom is 0.436 e. The molecule has 0 aliphatic heterocycles. The number of carbonyl (C=O) groups excluding carboxylic acids is 1. The van der Waals surface area contributed by atoms with Crippen molar-refractivity contribution >= 4 is 62.5 Å². The monoisotopic (exact) mass is 569 g/mol. The summed E-state index contributed by atoms with van der Waals surface area (Å²) in [5.74, 6) is -0.570. The van der Waals surface area contributed by atoms with Crippen LogP contribution < -0.4 is 5.32 Å². The maximum absolute atomic E-state index is 13.2. The molecule has 1 aliphatic carbocycles. The van der Waals surface area contributed by atoms with Gasteiger partial charge in [0.15, 0.2) is 11.5 Å². The molecule has 13 heteroatoms. The Morgan fingerprint density at radius 2 is 1.88 bits per heavy atom. The third-order valence-corrected chi connectivity index (χ3v) is 6.56. The van der Waals surface area contributed by atoms with Crippen LogP contribution in [0.25, 0.3) is 0 Å². The molecule has 6 nitrogen and oxygen atoms in total. The van der Waals surface area contributed by atoms with Crippen LogP contribution in [0.3, 0.4) is 0 Å². The summed E-state index contributed by atoms with van der Waals surface area (Å²) in [6.45, 7) is -0.0875. The molecule has 1 aromatic carbocycles. The van der Waals surface area contributed by atoms with Gasteiger partial charge in [0.05, 0.1) is 26.8 Å². The Morgan fingerprint density at radius 3 is 2.50 bits per heavy atom. The lowest BCUT2D eigenvalue weighted by molar-refractivity contribution is -0.142. The third kappa shape index (κ3) is 5.08. The van der Waals surface area contributed by atoms with Crippen molar-refractivity contribution in [2.75, 3.05) is 5.32 Å². The molecular weight excluding hydrogens is 558 g/mol. The minimum atomic E-state index is -4.63. The van der Waals surface area contributed by atoms with Crippen molar-refractivity contribution in [1.82, 2.24) is 19.6 Å². The van der Waals surface area contributed by atoms with Gasteiger partial charge >= 0.3 is 6.18 Å². The second-order valence-electron chi connectivity index (χ2n) is 7.30. The number of rotatable bonds is 6. The molecule has 0 radical (unpaired) electrons. The fourth-order valence-electron chi connectivity index (χ4n) is 3.20. The van der Waals surface area contributed by atoms with Gasteiger partial charge in [-0.1, -0.05) is 40.9 Å². The van der Waals surface area contributed by atoms with Crippen LogP contribution in [0.1, 0.15) is 35.7 Å². The van der Waals surface area contributed by atoms with Crippen molar-refractivity contribution in [3.05, 3.63) is 60.9 Å². The quantitative estimate of drug-likeness (QED) is 0.373. The first-order chi connectivity index (χ1) is 15.0. The van der Waals surface area contributed by atoms with Gasteiger partial charge in [-0.25, -0.2) is 0 Å². The van der Waals surface area contributed by atoms with Crippen LogP contribution in [0, 0.1) is 0 Å². The molecule has 0 spiro atoms. The molecule has 2 heterocycles. The number of halogens is 7. The highest BCUT2D eigenvalue weighted by atomic mass is 79.9. The number of hydrogen-bond acceptors (Lipinski definition) is 3. The van der Waals surface area contributed by atoms with E-state index >= 15 is 0 Å². The minimum Gasteiger partial charge on any atom is -0.306 e. The fraction of sp³-hybridized carbons (Fsp3) is 0.316. The van der Waals surface area contributed by atoms with Crippen LogP contribution in [0.2, 0.25) is 15.1 Å². The third-order valence-electron chi connectivity index (χ3n) is 4.76. The summed E-state index contributed by atoms with van der Waals surface area (Å²) in [7, 11) is 0. The fourth-order valence-corrected chi connectivity index (χ4v) is 4.55. The summed E-state index contributed by atoms with van der Waals surface area (Å²) in [5.41, 5.74) is 0.131. The minimum absolute atomic E-state index is 0.0604. The Kier molecular flexibility index (Phi) is 6.50. The normalized spacial score (nSPS) is 14.1. The van der Waals surface area contributed by atoms with Gasteiger partial charge in [-0.15, -0.1) is 0 Å². The number of carbonyl (C=O) groups is 1. The highest BCUT2D eigenvalue weighted by Gasteiger charge is 2.42. The van der Waals surface area contributed by atoms with E-state index in [-0.39, 0.29) is 21.2 Å². The molecule has 0 bridgehead atoms. The molecule has 0 atom stereocenters. The van der Waals surface area contributed by atoms with Crippen LogP contribution in [0.4, 0.5) is 19.0 Å². The SMILES string of the molecule is O=C(Cn1nc(C(F)(F)F)c(Br)c1C1CC1)Nc1nn(Cc2ccc(Cl)c(Cl)c2)cc1Cl. The molecule has 0 unspecified atom stereocenters. The zero-order valence-corrected chi connectivity index (χ0v) is 19.9.